The number of carbonyl (C=O) groups excluding carboxylic acids is 2. The number of rotatable bonds is 4. The number of nitrogens with zero attached hydrogens (tertiary/aromatic N) is 1. The van der Waals surface area contributed by atoms with E-state index in [1.807, 2.05) is 13.2 Å². The van der Waals surface area contributed by atoms with Crippen LogP contribution >= 0.6 is 11.8 Å². The minimum Gasteiger partial charge on any atom is -0.282 e. The Hall–Kier alpha value is -0.510. The summed E-state index contributed by atoms with van der Waals surface area (Å²) in [4.78, 5) is 24.1. The van der Waals surface area contributed by atoms with Crippen LogP contribution in [0.1, 0.15) is 19.8 Å². The highest BCUT2D eigenvalue weighted by Crippen LogP contribution is 2.18. The van der Waals surface area contributed by atoms with Crippen molar-refractivity contribution in [3.63, 3.8) is 0 Å². The number of thioether (sulfide) groups is 1. The summed E-state index contributed by atoms with van der Waals surface area (Å²) in [5.74, 6) is 0.914. The molecule has 1 rings (SSSR count). The first-order valence-electron chi connectivity index (χ1n) is 4.50. The number of hydrogen-bond donors (Lipinski definition) is 0. The van der Waals surface area contributed by atoms with E-state index in [1.165, 1.54) is 4.90 Å². The first-order valence-corrected chi connectivity index (χ1v) is 5.89. The normalized spacial score (nSPS) is 22.9. The van der Waals surface area contributed by atoms with Crippen molar-refractivity contribution < 1.29 is 9.59 Å². The molecule has 0 bridgehead atoms. The first kappa shape index (κ1) is 10.6. The molecule has 0 aromatic rings. The minimum atomic E-state index is -0.0956. The van der Waals surface area contributed by atoms with Gasteiger partial charge in [-0.25, -0.2) is 0 Å². The van der Waals surface area contributed by atoms with E-state index in [-0.39, 0.29) is 17.7 Å². The average Bonchev–Trinajstić information content (AvgIpc) is 2.32. The summed E-state index contributed by atoms with van der Waals surface area (Å²) in [6.45, 7) is 2.41. The molecular formula is C9H15NO2S. The fourth-order valence-corrected chi connectivity index (χ4v) is 1.87. The van der Waals surface area contributed by atoms with Gasteiger partial charge in [-0.15, -0.1) is 0 Å². The number of carbonyl (C=O) groups is 2. The van der Waals surface area contributed by atoms with Gasteiger partial charge in [-0.05, 0) is 18.4 Å². The molecule has 1 aliphatic rings. The topological polar surface area (TPSA) is 37.4 Å². The molecule has 1 unspecified atom stereocenters. The highest BCUT2D eigenvalue weighted by Gasteiger charge is 2.34. The molecule has 3 nitrogen and oxygen atoms in total. The predicted octanol–water partition coefficient (Wildman–Crippen LogP) is 1.13. The molecule has 0 aromatic heterocycles. The van der Waals surface area contributed by atoms with Gasteiger partial charge in [0, 0.05) is 18.9 Å². The van der Waals surface area contributed by atoms with Crippen molar-refractivity contribution in [2.75, 3.05) is 18.6 Å². The van der Waals surface area contributed by atoms with Crippen LogP contribution < -0.4 is 0 Å². The van der Waals surface area contributed by atoms with Gasteiger partial charge in [0.05, 0.1) is 0 Å². The molecule has 0 saturated carbocycles. The zero-order valence-corrected chi connectivity index (χ0v) is 8.89. The van der Waals surface area contributed by atoms with E-state index in [2.05, 4.69) is 0 Å². The van der Waals surface area contributed by atoms with Gasteiger partial charge in [0.1, 0.15) is 0 Å². The number of imide groups is 1. The molecule has 1 heterocycles. The standard InChI is InChI=1S/C9H15NO2S/c1-7-6-8(11)10(9(7)12)4-3-5-13-2/h7H,3-6H2,1-2H3. The van der Waals surface area contributed by atoms with Crippen LogP contribution in [0.2, 0.25) is 0 Å². The largest absolute Gasteiger partial charge is 0.282 e. The molecule has 1 atom stereocenters. The van der Waals surface area contributed by atoms with Gasteiger partial charge in [-0.1, -0.05) is 6.92 Å². The van der Waals surface area contributed by atoms with Gasteiger partial charge in [0.2, 0.25) is 11.8 Å². The van der Waals surface area contributed by atoms with Gasteiger partial charge in [0.25, 0.3) is 0 Å². The van der Waals surface area contributed by atoms with Crippen LogP contribution in [0.3, 0.4) is 0 Å². The zero-order valence-electron chi connectivity index (χ0n) is 8.08. The zero-order chi connectivity index (χ0) is 9.84. The molecule has 0 radical (unpaired) electrons. The molecule has 1 aliphatic heterocycles. The highest BCUT2D eigenvalue weighted by atomic mass is 32.2. The van der Waals surface area contributed by atoms with Gasteiger partial charge in [-0.3, -0.25) is 14.5 Å². The Morgan fingerprint density at radius 2 is 2.23 bits per heavy atom. The molecule has 4 heteroatoms. The lowest BCUT2D eigenvalue weighted by Gasteiger charge is -2.13. The number of hydrogen-bond acceptors (Lipinski definition) is 3. The summed E-state index contributed by atoms with van der Waals surface area (Å²) in [6.07, 6.45) is 3.33. The summed E-state index contributed by atoms with van der Waals surface area (Å²) in [6, 6.07) is 0. The fourth-order valence-electron chi connectivity index (χ4n) is 1.45. The van der Waals surface area contributed by atoms with Crippen molar-refractivity contribution in [1.29, 1.82) is 0 Å². The minimum absolute atomic E-state index is 0.00129. The van der Waals surface area contributed by atoms with E-state index in [0.717, 1.165) is 12.2 Å². The second-order valence-corrected chi connectivity index (χ2v) is 4.32. The molecule has 13 heavy (non-hydrogen) atoms. The molecule has 1 saturated heterocycles. The fraction of sp³-hybridized carbons (Fsp3) is 0.778. The summed E-state index contributed by atoms with van der Waals surface area (Å²) in [5, 5.41) is 0. The van der Waals surface area contributed by atoms with Crippen LogP contribution in [0, 0.1) is 5.92 Å². The summed E-state index contributed by atoms with van der Waals surface area (Å²) in [7, 11) is 0. The molecule has 1 fully saturated rings. The number of likely N-dealkylation sites (tertiary alicyclic amines) is 1. The second kappa shape index (κ2) is 4.65. The molecule has 74 valence electrons. The third-order valence-electron chi connectivity index (χ3n) is 2.20. The molecule has 0 N–H and O–H groups in total. The predicted molar refractivity (Wildman–Crippen MR) is 53.5 cm³/mol. The quantitative estimate of drug-likeness (QED) is 0.505. The van der Waals surface area contributed by atoms with Crippen molar-refractivity contribution in [2.45, 2.75) is 19.8 Å². The van der Waals surface area contributed by atoms with Crippen LogP contribution in [-0.4, -0.2) is 35.3 Å². The van der Waals surface area contributed by atoms with Crippen LogP contribution in [-0.2, 0) is 9.59 Å². The van der Waals surface area contributed by atoms with Crippen molar-refractivity contribution in [1.82, 2.24) is 4.90 Å². The van der Waals surface area contributed by atoms with Crippen molar-refractivity contribution in [3.8, 4) is 0 Å². The Balaban J connectivity index is 2.40. The first-order chi connectivity index (χ1) is 6.16. The maximum atomic E-state index is 11.4. The van der Waals surface area contributed by atoms with Gasteiger partial charge < -0.3 is 0 Å². The van der Waals surface area contributed by atoms with E-state index in [0.29, 0.717) is 13.0 Å². The van der Waals surface area contributed by atoms with Gasteiger partial charge >= 0.3 is 0 Å². The van der Waals surface area contributed by atoms with Crippen LogP contribution in [0.25, 0.3) is 0 Å². The van der Waals surface area contributed by atoms with Crippen molar-refractivity contribution in [3.05, 3.63) is 0 Å². The Labute approximate surface area is 82.9 Å². The van der Waals surface area contributed by atoms with Gasteiger partial charge in [0.15, 0.2) is 0 Å². The van der Waals surface area contributed by atoms with E-state index < -0.39 is 0 Å². The maximum Gasteiger partial charge on any atom is 0.232 e. The SMILES string of the molecule is CSCCCN1C(=O)CC(C)C1=O. The van der Waals surface area contributed by atoms with E-state index in [1.54, 1.807) is 11.8 Å². The van der Waals surface area contributed by atoms with E-state index >= 15 is 0 Å². The van der Waals surface area contributed by atoms with E-state index in [4.69, 9.17) is 0 Å². The monoisotopic (exact) mass is 201 g/mol. The Bertz CT molecular complexity index is 218. The van der Waals surface area contributed by atoms with Crippen molar-refractivity contribution in [2.24, 2.45) is 5.92 Å². The van der Waals surface area contributed by atoms with Gasteiger partial charge in [-0.2, -0.15) is 11.8 Å². The second-order valence-electron chi connectivity index (χ2n) is 3.34. The molecule has 0 aromatic carbocycles. The summed E-state index contributed by atoms with van der Waals surface area (Å²) >= 11 is 1.74. The maximum absolute atomic E-state index is 11.4. The lowest BCUT2D eigenvalue weighted by molar-refractivity contribution is -0.139. The molecular weight excluding hydrogens is 186 g/mol. The Kier molecular flexibility index (Phi) is 3.78. The van der Waals surface area contributed by atoms with E-state index in [9.17, 15) is 9.59 Å². The third-order valence-corrected chi connectivity index (χ3v) is 2.90. The van der Waals surface area contributed by atoms with Crippen LogP contribution in [0.15, 0.2) is 0 Å². The molecule has 0 aliphatic carbocycles. The Morgan fingerprint density at radius 3 is 2.69 bits per heavy atom. The molecule has 2 amide bonds. The van der Waals surface area contributed by atoms with Crippen molar-refractivity contribution >= 4 is 23.6 Å². The molecule has 0 spiro atoms. The van der Waals surface area contributed by atoms with Crippen LogP contribution in [0.4, 0.5) is 0 Å². The number of amides is 2. The van der Waals surface area contributed by atoms with Crippen LogP contribution in [0.5, 0.6) is 0 Å². The lowest BCUT2D eigenvalue weighted by atomic mass is 10.1. The average molecular weight is 201 g/mol. The highest BCUT2D eigenvalue weighted by molar-refractivity contribution is 7.98. The summed E-state index contributed by atoms with van der Waals surface area (Å²) in [5.41, 5.74) is 0. The lowest BCUT2D eigenvalue weighted by Crippen LogP contribution is -2.31. The third kappa shape index (κ3) is 2.46. The Morgan fingerprint density at radius 1 is 1.54 bits per heavy atom. The smallest absolute Gasteiger partial charge is 0.232 e. The summed E-state index contributed by atoms with van der Waals surface area (Å²) < 4.78 is 0.